The Bertz CT molecular complexity index is 148. The summed E-state index contributed by atoms with van der Waals surface area (Å²) in [5.41, 5.74) is 0. The molecule has 10 heavy (non-hydrogen) atoms. The molecular weight excluding hydrogens is 130 g/mol. The topological polar surface area (TPSA) is 38.3 Å². The number of ether oxygens (including phenoxy) is 1. The van der Waals surface area contributed by atoms with Crippen LogP contribution in [0.3, 0.4) is 0 Å². The van der Waals surface area contributed by atoms with Gasteiger partial charge in [-0.25, -0.2) is 0 Å². The lowest BCUT2D eigenvalue weighted by molar-refractivity contribution is -0.129. The van der Waals surface area contributed by atoms with Gasteiger partial charge in [-0.2, -0.15) is 0 Å². The van der Waals surface area contributed by atoms with Crippen LogP contribution in [-0.4, -0.2) is 25.7 Å². The summed E-state index contributed by atoms with van der Waals surface area (Å²) < 4.78 is 4.73. The van der Waals surface area contributed by atoms with Gasteiger partial charge >= 0.3 is 0 Å². The highest BCUT2D eigenvalue weighted by Gasteiger charge is 2.08. The number of amides is 1. The zero-order chi connectivity index (χ0) is 7.98. The fraction of sp³-hybridized carbons (Fsp3) is 0.571. The monoisotopic (exact) mass is 141 g/mol. The van der Waals surface area contributed by atoms with Crippen LogP contribution in [0, 0.1) is 12.3 Å². The van der Waals surface area contributed by atoms with E-state index in [9.17, 15) is 4.79 Å². The Kier molecular flexibility index (Phi) is 4.34. The first kappa shape index (κ1) is 8.99. The molecular formula is C7H11NO2. The molecule has 0 aromatic carbocycles. The van der Waals surface area contributed by atoms with Crippen LogP contribution in [-0.2, 0) is 9.53 Å². The molecule has 0 saturated carbocycles. The van der Waals surface area contributed by atoms with E-state index in [0.29, 0.717) is 0 Å². The van der Waals surface area contributed by atoms with E-state index in [2.05, 4.69) is 11.2 Å². The molecule has 1 atom stereocenters. The summed E-state index contributed by atoms with van der Waals surface area (Å²) >= 11 is 0. The fourth-order valence-electron chi connectivity index (χ4n) is 0.389. The van der Waals surface area contributed by atoms with E-state index >= 15 is 0 Å². The number of methoxy groups -OCH3 is 1. The van der Waals surface area contributed by atoms with Gasteiger partial charge in [0.25, 0.3) is 0 Å². The molecule has 56 valence electrons. The molecule has 1 amide bonds. The van der Waals surface area contributed by atoms with Crippen molar-refractivity contribution in [2.45, 2.75) is 13.0 Å². The van der Waals surface area contributed by atoms with Gasteiger partial charge in [0, 0.05) is 7.11 Å². The van der Waals surface area contributed by atoms with Gasteiger partial charge in [-0.05, 0) is 6.92 Å². The summed E-state index contributed by atoms with van der Waals surface area (Å²) in [4.78, 5) is 10.8. The van der Waals surface area contributed by atoms with E-state index in [0.717, 1.165) is 0 Å². The molecule has 0 aromatic rings. The molecule has 0 bridgehead atoms. The molecule has 0 aromatic heterocycles. The smallest absolute Gasteiger partial charge is 0.249 e. The first-order chi connectivity index (χ1) is 4.72. The Morgan fingerprint density at radius 2 is 2.50 bits per heavy atom. The number of hydrogen-bond acceptors (Lipinski definition) is 2. The van der Waals surface area contributed by atoms with E-state index in [-0.39, 0.29) is 12.5 Å². The SMILES string of the molecule is C#CCNC(=O)C(C)OC. The average Bonchev–Trinajstić information content (AvgIpc) is 1.98. The van der Waals surface area contributed by atoms with Crippen molar-refractivity contribution in [3.8, 4) is 12.3 Å². The van der Waals surface area contributed by atoms with Gasteiger partial charge < -0.3 is 10.1 Å². The maximum Gasteiger partial charge on any atom is 0.249 e. The van der Waals surface area contributed by atoms with Crippen LogP contribution in [0.1, 0.15) is 6.92 Å². The van der Waals surface area contributed by atoms with Gasteiger partial charge in [0.05, 0.1) is 6.54 Å². The van der Waals surface area contributed by atoms with Crippen molar-refractivity contribution in [2.24, 2.45) is 0 Å². The molecule has 0 spiro atoms. The van der Waals surface area contributed by atoms with Crippen molar-refractivity contribution in [1.29, 1.82) is 0 Å². The van der Waals surface area contributed by atoms with E-state index in [1.165, 1.54) is 7.11 Å². The van der Waals surface area contributed by atoms with Crippen molar-refractivity contribution in [1.82, 2.24) is 5.32 Å². The van der Waals surface area contributed by atoms with E-state index in [4.69, 9.17) is 11.2 Å². The van der Waals surface area contributed by atoms with Crippen LogP contribution in [0.4, 0.5) is 0 Å². The number of rotatable bonds is 3. The maximum absolute atomic E-state index is 10.8. The summed E-state index contributed by atoms with van der Waals surface area (Å²) in [6, 6.07) is 0. The highest BCUT2D eigenvalue weighted by Crippen LogP contribution is 1.84. The lowest BCUT2D eigenvalue weighted by Crippen LogP contribution is -2.33. The zero-order valence-corrected chi connectivity index (χ0v) is 6.18. The van der Waals surface area contributed by atoms with Crippen LogP contribution >= 0.6 is 0 Å². The third-order valence-corrected chi connectivity index (χ3v) is 1.09. The van der Waals surface area contributed by atoms with Crippen LogP contribution in [0.2, 0.25) is 0 Å². The van der Waals surface area contributed by atoms with E-state index < -0.39 is 6.10 Å². The number of carbonyl (C=O) groups excluding carboxylic acids is 1. The van der Waals surface area contributed by atoms with Crippen molar-refractivity contribution >= 4 is 5.91 Å². The first-order valence-electron chi connectivity index (χ1n) is 2.96. The Morgan fingerprint density at radius 1 is 1.90 bits per heavy atom. The Labute approximate surface area is 60.8 Å². The molecule has 3 heteroatoms. The van der Waals surface area contributed by atoms with Gasteiger partial charge in [0.15, 0.2) is 0 Å². The highest BCUT2D eigenvalue weighted by molar-refractivity contribution is 5.80. The van der Waals surface area contributed by atoms with Crippen molar-refractivity contribution in [3.05, 3.63) is 0 Å². The second kappa shape index (κ2) is 4.83. The predicted octanol–water partition coefficient (Wildman–Crippen LogP) is -0.229. The molecule has 0 fully saturated rings. The summed E-state index contributed by atoms with van der Waals surface area (Å²) in [6.07, 6.45) is 4.49. The molecule has 3 nitrogen and oxygen atoms in total. The minimum atomic E-state index is -0.423. The van der Waals surface area contributed by atoms with E-state index in [1.54, 1.807) is 6.92 Å². The third kappa shape index (κ3) is 3.10. The van der Waals surface area contributed by atoms with Gasteiger partial charge in [-0.3, -0.25) is 4.79 Å². The molecule has 0 aliphatic rings. The molecule has 1 unspecified atom stereocenters. The summed E-state index contributed by atoms with van der Waals surface area (Å²) in [7, 11) is 1.47. The number of terminal acetylenes is 1. The summed E-state index contributed by atoms with van der Waals surface area (Å²) in [5, 5.41) is 2.48. The molecule has 0 radical (unpaired) electrons. The van der Waals surface area contributed by atoms with Crippen molar-refractivity contribution < 1.29 is 9.53 Å². The van der Waals surface area contributed by atoms with Gasteiger partial charge in [0.1, 0.15) is 6.10 Å². The molecule has 1 N–H and O–H groups in total. The Balaban J connectivity index is 3.54. The largest absolute Gasteiger partial charge is 0.372 e. The number of carbonyl (C=O) groups is 1. The molecule has 0 aliphatic heterocycles. The minimum absolute atomic E-state index is 0.180. The average molecular weight is 141 g/mol. The molecule has 0 heterocycles. The third-order valence-electron chi connectivity index (χ3n) is 1.09. The second-order valence-corrected chi connectivity index (χ2v) is 1.80. The first-order valence-corrected chi connectivity index (χ1v) is 2.96. The minimum Gasteiger partial charge on any atom is -0.372 e. The quantitative estimate of drug-likeness (QED) is 0.551. The second-order valence-electron chi connectivity index (χ2n) is 1.80. The number of nitrogens with one attached hydrogen (secondary N) is 1. The summed E-state index contributed by atoms with van der Waals surface area (Å²) in [5.74, 6) is 2.11. The van der Waals surface area contributed by atoms with Crippen LogP contribution < -0.4 is 5.32 Å². The normalized spacial score (nSPS) is 11.7. The number of hydrogen-bond donors (Lipinski definition) is 1. The Morgan fingerprint density at radius 3 is 2.90 bits per heavy atom. The zero-order valence-electron chi connectivity index (χ0n) is 6.18. The van der Waals surface area contributed by atoms with Gasteiger partial charge in [-0.15, -0.1) is 6.42 Å². The van der Waals surface area contributed by atoms with Crippen LogP contribution in [0.15, 0.2) is 0 Å². The highest BCUT2D eigenvalue weighted by atomic mass is 16.5. The van der Waals surface area contributed by atoms with Gasteiger partial charge in [0.2, 0.25) is 5.91 Å². The van der Waals surface area contributed by atoms with Crippen molar-refractivity contribution in [3.63, 3.8) is 0 Å². The predicted molar refractivity (Wildman–Crippen MR) is 38.3 cm³/mol. The maximum atomic E-state index is 10.8. The van der Waals surface area contributed by atoms with Crippen LogP contribution in [0.5, 0.6) is 0 Å². The molecule has 0 aliphatic carbocycles. The molecule has 0 saturated heterocycles. The molecule has 0 rings (SSSR count). The van der Waals surface area contributed by atoms with Gasteiger partial charge in [-0.1, -0.05) is 5.92 Å². The fourth-order valence-corrected chi connectivity index (χ4v) is 0.389. The van der Waals surface area contributed by atoms with E-state index in [1.807, 2.05) is 0 Å². The lowest BCUT2D eigenvalue weighted by Gasteiger charge is -2.07. The summed E-state index contributed by atoms with van der Waals surface area (Å²) in [6.45, 7) is 1.92. The van der Waals surface area contributed by atoms with Crippen molar-refractivity contribution in [2.75, 3.05) is 13.7 Å². The standard InChI is InChI=1S/C7H11NO2/c1-4-5-8-7(9)6(2)10-3/h1,6H,5H2,2-3H3,(H,8,9). The lowest BCUT2D eigenvalue weighted by atomic mass is 10.4. The van der Waals surface area contributed by atoms with Crippen LogP contribution in [0.25, 0.3) is 0 Å². The Hall–Kier alpha value is -1.01.